The molecule has 13 nitrogen and oxygen atoms in total. The molecule has 0 aliphatic carbocycles. The summed E-state index contributed by atoms with van der Waals surface area (Å²) in [6.45, 7) is 3.17. The number of fused-ring (bicyclic) bond motifs is 2. The van der Waals surface area contributed by atoms with Crippen molar-refractivity contribution in [2.24, 2.45) is 5.92 Å². The summed E-state index contributed by atoms with van der Waals surface area (Å²) in [4.78, 5) is 71.2. The molecular weight excluding hydrogens is 534 g/mol. The summed E-state index contributed by atoms with van der Waals surface area (Å²) in [7, 11) is 0. The number of carbonyl (C=O) groups excluding carboxylic acids is 3. The Morgan fingerprint density at radius 3 is 2.63 bits per heavy atom. The summed E-state index contributed by atoms with van der Waals surface area (Å²) in [5.41, 5.74) is 2.79. The molecule has 3 atom stereocenters. The smallest absolute Gasteiger partial charge is 0.343 e. The largest absolute Gasteiger partial charge is 0.481 e. The number of unbranched alkanes of at least 4 members (excludes halogenated alkanes) is 1. The SMILES string of the molecule is CCCCN(C(=O)c1c(NC(C)C(=O)O)ccc2ccccc12)C(=O)N1CC(C(=O)O)CNOC(=O)[C@@H]2CCCN21. The summed E-state index contributed by atoms with van der Waals surface area (Å²) in [5, 5.41) is 26.1. The molecule has 4 N–H and O–H groups in total. The van der Waals surface area contributed by atoms with Crippen molar-refractivity contribution >= 4 is 46.3 Å². The van der Waals surface area contributed by atoms with Gasteiger partial charge < -0.3 is 20.4 Å². The van der Waals surface area contributed by atoms with Gasteiger partial charge in [0.2, 0.25) is 0 Å². The normalized spacial score (nSPS) is 20.2. The Bertz CT molecular complexity index is 1330. The topological polar surface area (TPSA) is 169 Å². The molecule has 2 fully saturated rings. The van der Waals surface area contributed by atoms with Crippen LogP contribution in [0.2, 0.25) is 0 Å². The first-order chi connectivity index (χ1) is 19.6. The summed E-state index contributed by atoms with van der Waals surface area (Å²) in [5.74, 6) is -4.74. The minimum Gasteiger partial charge on any atom is -0.481 e. The number of imide groups is 1. The van der Waals surface area contributed by atoms with Crippen molar-refractivity contribution in [3.05, 3.63) is 42.0 Å². The van der Waals surface area contributed by atoms with Crippen LogP contribution >= 0.6 is 0 Å². The van der Waals surface area contributed by atoms with E-state index in [4.69, 9.17) is 4.84 Å². The highest BCUT2D eigenvalue weighted by Crippen LogP contribution is 2.30. The summed E-state index contributed by atoms with van der Waals surface area (Å²) in [6, 6.07) is 7.83. The second kappa shape index (κ2) is 13.0. The molecule has 2 heterocycles. The molecule has 2 unspecified atom stereocenters. The van der Waals surface area contributed by atoms with E-state index in [9.17, 15) is 34.2 Å². The maximum Gasteiger partial charge on any atom is 0.343 e. The van der Waals surface area contributed by atoms with E-state index in [2.05, 4.69) is 10.8 Å². The summed E-state index contributed by atoms with van der Waals surface area (Å²) >= 11 is 0. The average Bonchev–Trinajstić information content (AvgIpc) is 3.45. The van der Waals surface area contributed by atoms with E-state index >= 15 is 0 Å². The van der Waals surface area contributed by atoms with Gasteiger partial charge in [-0.15, -0.1) is 0 Å². The molecule has 4 rings (SSSR count). The number of nitrogens with zero attached hydrogens (tertiary/aromatic N) is 3. The zero-order valence-electron chi connectivity index (χ0n) is 23.0. The van der Waals surface area contributed by atoms with Crippen LogP contribution in [0.4, 0.5) is 10.5 Å². The second-order valence-electron chi connectivity index (χ2n) is 10.2. The van der Waals surface area contributed by atoms with Gasteiger partial charge in [0.25, 0.3) is 5.91 Å². The number of carboxylic acids is 2. The zero-order valence-corrected chi connectivity index (χ0v) is 23.0. The third-order valence-electron chi connectivity index (χ3n) is 7.37. The molecule has 2 aliphatic heterocycles. The number of hydrogen-bond acceptors (Lipinski definition) is 9. The van der Waals surface area contributed by atoms with Crippen LogP contribution in [0.1, 0.15) is 49.9 Å². The summed E-state index contributed by atoms with van der Waals surface area (Å²) in [6.07, 6.45) is 2.10. The van der Waals surface area contributed by atoms with Crippen LogP contribution in [0.15, 0.2) is 36.4 Å². The van der Waals surface area contributed by atoms with Crippen LogP contribution in [0.25, 0.3) is 10.8 Å². The lowest BCUT2D eigenvalue weighted by atomic mass is 10.0. The van der Waals surface area contributed by atoms with E-state index in [0.29, 0.717) is 37.6 Å². The number of hydrogen-bond donors (Lipinski definition) is 4. The first-order valence-electron chi connectivity index (χ1n) is 13.7. The van der Waals surface area contributed by atoms with Crippen molar-refractivity contribution < 1.29 is 39.0 Å². The van der Waals surface area contributed by atoms with Gasteiger partial charge in [-0.25, -0.2) is 14.6 Å². The van der Waals surface area contributed by atoms with Gasteiger partial charge in [-0.3, -0.25) is 24.3 Å². The minimum atomic E-state index is -1.20. The lowest BCUT2D eigenvalue weighted by Gasteiger charge is -2.38. The van der Waals surface area contributed by atoms with E-state index in [1.165, 1.54) is 16.9 Å². The number of carboxylic acid groups (broad SMARTS) is 2. The van der Waals surface area contributed by atoms with Gasteiger partial charge in [0, 0.05) is 25.3 Å². The van der Waals surface area contributed by atoms with E-state index < -0.39 is 47.8 Å². The number of urea groups is 1. The molecule has 0 aromatic heterocycles. The highest BCUT2D eigenvalue weighted by Gasteiger charge is 2.43. The molecule has 0 radical (unpaired) electrons. The zero-order chi connectivity index (χ0) is 29.7. The standard InChI is InChI=1S/C28H35N5O8/c1-3-4-13-31(24(34)23-20-9-6-5-8-18(20)11-12-21(23)30-17(2)25(35)36)28(40)33-16-19(26(37)38)15-29-41-27(39)22-10-7-14-32(22)33/h5-6,8-9,11-12,17,19,22,29-30H,3-4,7,10,13-16H2,1-2H3,(H,35,36)(H,37,38)/t17?,19?,22-/m0/s1. The molecule has 0 saturated carbocycles. The van der Waals surface area contributed by atoms with Crippen LogP contribution in [0, 0.1) is 5.92 Å². The predicted octanol–water partition coefficient (Wildman–Crippen LogP) is 2.53. The van der Waals surface area contributed by atoms with Crippen LogP contribution in [-0.4, -0.2) is 93.2 Å². The van der Waals surface area contributed by atoms with E-state index in [0.717, 1.165) is 10.3 Å². The van der Waals surface area contributed by atoms with Crippen molar-refractivity contribution in [2.75, 3.05) is 31.5 Å². The Labute approximate surface area is 236 Å². The number of aliphatic carboxylic acids is 2. The first kappa shape index (κ1) is 29.7. The predicted molar refractivity (Wildman–Crippen MR) is 148 cm³/mol. The molecule has 41 heavy (non-hydrogen) atoms. The van der Waals surface area contributed by atoms with Crippen LogP contribution in [0.3, 0.4) is 0 Å². The molecule has 220 valence electrons. The molecule has 13 heteroatoms. The maximum atomic E-state index is 14.4. The lowest BCUT2D eigenvalue weighted by Crippen LogP contribution is -2.58. The van der Waals surface area contributed by atoms with Crippen LogP contribution in [0.5, 0.6) is 0 Å². The fraction of sp³-hybridized carbons (Fsp3) is 0.464. The number of benzene rings is 2. The monoisotopic (exact) mass is 569 g/mol. The second-order valence-corrected chi connectivity index (χ2v) is 10.2. The van der Waals surface area contributed by atoms with Crippen LogP contribution in [-0.2, 0) is 19.2 Å². The van der Waals surface area contributed by atoms with Crippen molar-refractivity contribution in [1.29, 1.82) is 0 Å². The highest BCUT2D eigenvalue weighted by molar-refractivity contribution is 6.16. The fourth-order valence-electron chi connectivity index (χ4n) is 5.08. The van der Waals surface area contributed by atoms with Crippen molar-refractivity contribution in [3.8, 4) is 0 Å². The molecule has 0 bridgehead atoms. The fourth-order valence-corrected chi connectivity index (χ4v) is 5.08. The average molecular weight is 570 g/mol. The van der Waals surface area contributed by atoms with Gasteiger partial charge in [-0.1, -0.05) is 43.7 Å². The van der Waals surface area contributed by atoms with E-state index in [1.807, 2.05) is 6.92 Å². The Morgan fingerprint density at radius 1 is 1.17 bits per heavy atom. The summed E-state index contributed by atoms with van der Waals surface area (Å²) < 4.78 is 0. The molecule has 0 spiro atoms. The van der Waals surface area contributed by atoms with E-state index in [-0.39, 0.29) is 30.9 Å². The lowest BCUT2D eigenvalue weighted by molar-refractivity contribution is -0.160. The number of rotatable bonds is 8. The van der Waals surface area contributed by atoms with Gasteiger partial charge in [-0.2, -0.15) is 5.48 Å². The molecule has 2 aliphatic rings. The number of nitrogens with one attached hydrogen (secondary N) is 2. The van der Waals surface area contributed by atoms with Gasteiger partial charge in [0.05, 0.1) is 18.0 Å². The Kier molecular flexibility index (Phi) is 9.40. The van der Waals surface area contributed by atoms with Gasteiger partial charge in [0.15, 0.2) is 0 Å². The van der Waals surface area contributed by atoms with Crippen LogP contribution < -0.4 is 10.8 Å². The number of hydrazine groups is 1. The Balaban J connectivity index is 1.80. The van der Waals surface area contributed by atoms with Crippen molar-refractivity contribution in [2.45, 2.75) is 51.6 Å². The number of anilines is 1. The third kappa shape index (κ3) is 6.41. The number of amides is 3. The molecule has 2 saturated heterocycles. The van der Waals surface area contributed by atoms with Crippen molar-refractivity contribution in [1.82, 2.24) is 20.4 Å². The molecule has 2 aromatic carbocycles. The van der Waals surface area contributed by atoms with E-state index in [1.54, 1.807) is 36.4 Å². The third-order valence-corrected chi connectivity index (χ3v) is 7.37. The quantitative estimate of drug-likeness (QED) is 0.369. The molecule has 2 aromatic rings. The molecule has 3 amide bonds. The van der Waals surface area contributed by atoms with Gasteiger partial charge in [-0.05, 0) is 43.0 Å². The van der Waals surface area contributed by atoms with Crippen molar-refractivity contribution in [3.63, 3.8) is 0 Å². The highest BCUT2D eigenvalue weighted by atomic mass is 16.7. The maximum absolute atomic E-state index is 14.4. The minimum absolute atomic E-state index is 0.0285. The molecular formula is C28H35N5O8. The first-order valence-corrected chi connectivity index (χ1v) is 13.7. The Morgan fingerprint density at radius 2 is 1.93 bits per heavy atom. The van der Waals surface area contributed by atoms with Gasteiger partial charge in [0.1, 0.15) is 12.1 Å². The Hall–Kier alpha value is -4.23. The number of carbonyl (C=O) groups is 5. The van der Waals surface area contributed by atoms with Gasteiger partial charge >= 0.3 is 23.9 Å². The number of hydroxylamine groups is 1.